The number of hydrogen-bond donors (Lipinski definition) is 2. The Bertz CT molecular complexity index is 561. The maximum Gasteiger partial charge on any atom is 0.339 e. The highest BCUT2D eigenvalue weighted by Crippen LogP contribution is 2.19. The van der Waals surface area contributed by atoms with Gasteiger partial charge in [0, 0.05) is 0 Å². The maximum absolute atomic E-state index is 11.0. The molecule has 4 heteroatoms. The second-order valence-electron chi connectivity index (χ2n) is 4.06. The number of ether oxygens (including phenoxy) is 1. The molecule has 0 spiro atoms. The molecule has 0 aliphatic carbocycles. The van der Waals surface area contributed by atoms with Gasteiger partial charge in [0.15, 0.2) is 0 Å². The summed E-state index contributed by atoms with van der Waals surface area (Å²) >= 11 is 0. The van der Waals surface area contributed by atoms with Crippen molar-refractivity contribution in [3.8, 4) is 5.75 Å². The molecule has 0 aliphatic rings. The fourth-order valence-electron chi connectivity index (χ4n) is 1.67. The predicted octanol–water partition coefficient (Wildman–Crippen LogP) is 2.46. The summed E-state index contributed by atoms with van der Waals surface area (Å²) in [5, 5.41) is 18.0. The SMILES string of the molecule is O=C(O)c1ccccc1OCc1ccc(CO)cc1. The zero-order chi connectivity index (χ0) is 13.7. The number of carboxylic acids is 1. The first-order valence-corrected chi connectivity index (χ1v) is 5.84. The van der Waals surface area contributed by atoms with Crippen molar-refractivity contribution in [1.29, 1.82) is 0 Å². The highest BCUT2D eigenvalue weighted by atomic mass is 16.5. The van der Waals surface area contributed by atoms with Crippen LogP contribution in [0, 0.1) is 0 Å². The van der Waals surface area contributed by atoms with Gasteiger partial charge in [0.05, 0.1) is 6.61 Å². The Balaban J connectivity index is 2.07. The van der Waals surface area contributed by atoms with E-state index in [1.807, 2.05) is 24.3 Å². The summed E-state index contributed by atoms with van der Waals surface area (Å²) in [4.78, 5) is 11.0. The van der Waals surface area contributed by atoms with Gasteiger partial charge in [-0.1, -0.05) is 36.4 Å². The van der Waals surface area contributed by atoms with Gasteiger partial charge >= 0.3 is 5.97 Å². The number of aliphatic hydroxyl groups is 1. The molecule has 0 fully saturated rings. The zero-order valence-corrected chi connectivity index (χ0v) is 10.2. The molecule has 98 valence electrons. The predicted molar refractivity (Wildman–Crippen MR) is 70.1 cm³/mol. The molecule has 0 amide bonds. The number of carbonyl (C=O) groups is 1. The smallest absolute Gasteiger partial charge is 0.339 e. The Kier molecular flexibility index (Phi) is 4.15. The Morgan fingerprint density at radius 1 is 1.00 bits per heavy atom. The van der Waals surface area contributed by atoms with E-state index in [-0.39, 0.29) is 18.8 Å². The first kappa shape index (κ1) is 13.1. The van der Waals surface area contributed by atoms with Crippen LogP contribution in [0.5, 0.6) is 5.75 Å². The van der Waals surface area contributed by atoms with Gasteiger partial charge < -0.3 is 14.9 Å². The summed E-state index contributed by atoms with van der Waals surface area (Å²) in [6.07, 6.45) is 0. The van der Waals surface area contributed by atoms with E-state index in [0.717, 1.165) is 11.1 Å². The van der Waals surface area contributed by atoms with Gasteiger partial charge in [-0.3, -0.25) is 0 Å². The van der Waals surface area contributed by atoms with Crippen LogP contribution in [-0.4, -0.2) is 16.2 Å². The van der Waals surface area contributed by atoms with E-state index in [4.69, 9.17) is 14.9 Å². The Morgan fingerprint density at radius 3 is 2.26 bits per heavy atom. The standard InChI is InChI=1S/C15H14O4/c16-9-11-5-7-12(8-6-11)10-19-14-4-2-1-3-13(14)15(17)18/h1-8,16H,9-10H2,(H,17,18). The number of hydrogen-bond acceptors (Lipinski definition) is 3. The fraction of sp³-hybridized carbons (Fsp3) is 0.133. The van der Waals surface area contributed by atoms with Crippen LogP contribution in [0.1, 0.15) is 21.5 Å². The van der Waals surface area contributed by atoms with Crippen LogP contribution in [0.3, 0.4) is 0 Å². The highest BCUT2D eigenvalue weighted by Gasteiger charge is 2.09. The lowest BCUT2D eigenvalue weighted by atomic mass is 10.1. The Labute approximate surface area is 110 Å². The van der Waals surface area contributed by atoms with Gasteiger partial charge in [-0.05, 0) is 23.3 Å². The molecule has 0 heterocycles. The molecule has 0 unspecified atom stereocenters. The molecule has 0 atom stereocenters. The summed E-state index contributed by atoms with van der Waals surface area (Å²) in [5.74, 6) is -0.660. The first-order chi connectivity index (χ1) is 9.20. The average Bonchev–Trinajstić information content (AvgIpc) is 2.46. The molecule has 2 aromatic carbocycles. The number of carboxylic acid groups (broad SMARTS) is 1. The molecule has 0 aliphatic heterocycles. The van der Waals surface area contributed by atoms with Crippen LogP contribution in [0.25, 0.3) is 0 Å². The molecule has 0 bridgehead atoms. The van der Waals surface area contributed by atoms with Crippen molar-refractivity contribution in [3.63, 3.8) is 0 Å². The van der Waals surface area contributed by atoms with E-state index in [1.165, 1.54) is 6.07 Å². The van der Waals surface area contributed by atoms with E-state index < -0.39 is 5.97 Å². The molecular weight excluding hydrogens is 244 g/mol. The van der Waals surface area contributed by atoms with Gasteiger partial charge in [0.25, 0.3) is 0 Å². The Morgan fingerprint density at radius 2 is 1.63 bits per heavy atom. The van der Waals surface area contributed by atoms with Crippen molar-refractivity contribution in [2.24, 2.45) is 0 Å². The molecule has 4 nitrogen and oxygen atoms in total. The van der Waals surface area contributed by atoms with Crippen LogP contribution in [0.15, 0.2) is 48.5 Å². The summed E-state index contributed by atoms with van der Waals surface area (Å²) in [6.45, 7) is 0.291. The average molecular weight is 258 g/mol. The highest BCUT2D eigenvalue weighted by molar-refractivity contribution is 5.90. The third-order valence-electron chi connectivity index (χ3n) is 2.72. The molecule has 0 saturated heterocycles. The van der Waals surface area contributed by atoms with E-state index in [1.54, 1.807) is 18.2 Å². The third-order valence-corrected chi connectivity index (χ3v) is 2.72. The van der Waals surface area contributed by atoms with Gasteiger partial charge in [-0.25, -0.2) is 4.79 Å². The molecule has 0 radical (unpaired) electrons. The number of benzene rings is 2. The topological polar surface area (TPSA) is 66.8 Å². The van der Waals surface area contributed by atoms with Gasteiger partial charge in [0.2, 0.25) is 0 Å². The van der Waals surface area contributed by atoms with Crippen molar-refractivity contribution in [2.45, 2.75) is 13.2 Å². The normalized spacial score (nSPS) is 10.2. The molecule has 2 rings (SSSR count). The third kappa shape index (κ3) is 3.33. The molecular formula is C15H14O4. The van der Waals surface area contributed by atoms with Crippen LogP contribution in [-0.2, 0) is 13.2 Å². The van der Waals surface area contributed by atoms with Gasteiger partial charge in [-0.15, -0.1) is 0 Å². The van der Waals surface area contributed by atoms with E-state index >= 15 is 0 Å². The van der Waals surface area contributed by atoms with E-state index in [2.05, 4.69) is 0 Å². The number of aromatic carboxylic acids is 1. The lowest BCUT2D eigenvalue weighted by Gasteiger charge is -2.09. The second-order valence-corrected chi connectivity index (χ2v) is 4.06. The van der Waals surface area contributed by atoms with E-state index in [9.17, 15) is 4.79 Å². The van der Waals surface area contributed by atoms with Crippen molar-refractivity contribution >= 4 is 5.97 Å². The van der Waals surface area contributed by atoms with Crippen LogP contribution < -0.4 is 4.74 Å². The van der Waals surface area contributed by atoms with Crippen LogP contribution >= 0.6 is 0 Å². The van der Waals surface area contributed by atoms with Gasteiger partial charge in [0.1, 0.15) is 17.9 Å². The molecule has 19 heavy (non-hydrogen) atoms. The number of rotatable bonds is 5. The summed E-state index contributed by atoms with van der Waals surface area (Å²) in [6, 6.07) is 13.8. The molecule has 0 aromatic heterocycles. The van der Waals surface area contributed by atoms with Crippen molar-refractivity contribution < 1.29 is 19.7 Å². The summed E-state index contributed by atoms with van der Waals surface area (Å²) in [7, 11) is 0. The van der Waals surface area contributed by atoms with Crippen molar-refractivity contribution in [3.05, 3.63) is 65.2 Å². The quantitative estimate of drug-likeness (QED) is 0.864. The van der Waals surface area contributed by atoms with Gasteiger partial charge in [-0.2, -0.15) is 0 Å². The second kappa shape index (κ2) is 6.02. The van der Waals surface area contributed by atoms with Crippen LogP contribution in [0.4, 0.5) is 0 Å². The molecule has 2 N–H and O–H groups in total. The largest absolute Gasteiger partial charge is 0.488 e. The zero-order valence-electron chi connectivity index (χ0n) is 10.2. The van der Waals surface area contributed by atoms with E-state index in [0.29, 0.717) is 5.75 Å². The fourth-order valence-corrected chi connectivity index (χ4v) is 1.67. The monoisotopic (exact) mass is 258 g/mol. The minimum absolute atomic E-state index is 0.00296. The maximum atomic E-state index is 11.0. The first-order valence-electron chi connectivity index (χ1n) is 5.84. The lowest BCUT2D eigenvalue weighted by Crippen LogP contribution is -2.03. The summed E-state index contributed by atoms with van der Waals surface area (Å²) in [5.41, 5.74) is 1.89. The molecule has 0 saturated carbocycles. The molecule has 2 aromatic rings. The minimum Gasteiger partial charge on any atom is -0.488 e. The Hall–Kier alpha value is -2.33. The number of aliphatic hydroxyl groups excluding tert-OH is 1. The summed E-state index contributed by atoms with van der Waals surface area (Å²) < 4.78 is 5.51. The van der Waals surface area contributed by atoms with Crippen molar-refractivity contribution in [1.82, 2.24) is 0 Å². The lowest BCUT2D eigenvalue weighted by molar-refractivity contribution is 0.0691. The van der Waals surface area contributed by atoms with Crippen molar-refractivity contribution in [2.75, 3.05) is 0 Å². The van der Waals surface area contributed by atoms with Crippen LogP contribution in [0.2, 0.25) is 0 Å². The minimum atomic E-state index is -1.01. The number of para-hydroxylation sites is 1.